The van der Waals surface area contributed by atoms with Crippen LogP contribution in [0.4, 0.5) is 0 Å². The molecule has 0 aliphatic heterocycles. The van der Waals surface area contributed by atoms with Gasteiger partial charge in [-0.3, -0.25) is 4.79 Å². The van der Waals surface area contributed by atoms with Gasteiger partial charge in [0.15, 0.2) is 0 Å². The number of benzene rings is 2. The zero-order valence-electron chi connectivity index (χ0n) is 14.7. The van der Waals surface area contributed by atoms with Gasteiger partial charge in [-0.25, -0.2) is 13.6 Å². The van der Waals surface area contributed by atoms with Gasteiger partial charge in [-0.1, -0.05) is 60.8 Å². The normalized spacial score (nSPS) is 15.5. The van der Waals surface area contributed by atoms with Crippen molar-refractivity contribution in [3.8, 4) is 0 Å². The van der Waals surface area contributed by atoms with Gasteiger partial charge in [0.2, 0.25) is 10.0 Å². The van der Waals surface area contributed by atoms with Gasteiger partial charge in [0.05, 0.1) is 10.6 Å². The van der Waals surface area contributed by atoms with Crippen LogP contribution in [0.25, 0.3) is 0 Å². The molecule has 0 radical (unpaired) electrons. The van der Waals surface area contributed by atoms with Crippen LogP contribution in [0, 0.1) is 0 Å². The molecule has 144 valence electrons. The van der Waals surface area contributed by atoms with Crippen molar-refractivity contribution in [2.75, 3.05) is 0 Å². The van der Waals surface area contributed by atoms with Crippen molar-refractivity contribution in [3.05, 3.63) is 53.1 Å². The summed E-state index contributed by atoms with van der Waals surface area (Å²) in [5.74, 6) is -0.304. The van der Waals surface area contributed by atoms with Crippen molar-refractivity contribution >= 4 is 39.3 Å². The van der Waals surface area contributed by atoms with E-state index in [1.54, 1.807) is 0 Å². The van der Waals surface area contributed by atoms with Crippen LogP contribution in [0.15, 0.2) is 57.2 Å². The number of carbonyl (C=O) groups is 1. The molecule has 0 spiro atoms. The molecule has 8 heteroatoms. The predicted octanol–water partition coefficient (Wildman–Crippen LogP) is 4.20. The van der Waals surface area contributed by atoms with E-state index in [4.69, 9.17) is 16.7 Å². The summed E-state index contributed by atoms with van der Waals surface area (Å²) in [6.45, 7) is 0. The lowest BCUT2D eigenvalue weighted by Crippen LogP contribution is -2.36. The lowest BCUT2D eigenvalue weighted by molar-refractivity contribution is 0.0924. The van der Waals surface area contributed by atoms with Crippen molar-refractivity contribution in [3.63, 3.8) is 0 Å². The highest BCUT2D eigenvalue weighted by atomic mass is 35.5. The molecule has 1 saturated carbocycles. The summed E-state index contributed by atoms with van der Waals surface area (Å²) in [6, 6.07) is 12.4. The Morgan fingerprint density at radius 1 is 1.11 bits per heavy atom. The van der Waals surface area contributed by atoms with E-state index in [0.717, 1.165) is 30.6 Å². The number of carbonyl (C=O) groups excluding carboxylic acids is 1. The molecule has 0 bridgehead atoms. The van der Waals surface area contributed by atoms with Crippen molar-refractivity contribution < 1.29 is 13.2 Å². The summed E-state index contributed by atoms with van der Waals surface area (Å²) in [7, 11) is -4.03. The Morgan fingerprint density at radius 3 is 2.41 bits per heavy atom. The Hall–Kier alpha value is -1.54. The van der Waals surface area contributed by atoms with Crippen LogP contribution in [0.5, 0.6) is 0 Å². The van der Waals surface area contributed by atoms with E-state index in [2.05, 4.69) is 5.32 Å². The van der Waals surface area contributed by atoms with Crippen LogP contribution in [-0.2, 0) is 10.0 Å². The van der Waals surface area contributed by atoms with Crippen molar-refractivity contribution in [2.24, 2.45) is 5.14 Å². The molecule has 27 heavy (non-hydrogen) atoms. The van der Waals surface area contributed by atoms with Crippen LogP contribution >= 0.6 is 23.4 Å². The zero-order chi connectivity index (χ0) is 19.4. The summed E-state index contributed by atoms with van der Waals surface area (Å²) in [6.07, 6.45) is 5.21. The Kier molecular flexibility index (Phi) is 6.47. The highest BCUT2D eigenvalue weighted by molar-refractivity contribution is 7.99. The van der Waals surface area contributed by atoms with Crippen LogP contribution in [0.3, 0.4) is 0 Å². The largest absolute Gasteiger partial charge is 0.349 e. The smallest absolute Gasteiger partial charge is 0.252 e. The second kappa shape index (κ2) is 8.65. The molecule has 3 rings (SSSR count). The van der Waals surface area contributed by atoms with Gasteiger partial charge in [-0.15, -0.1) is 0 Å². The zero-order valence-corrected chi connectivity index (χ0v) is 17.0. The quantitative estimate of drug-likeness (QED) is 0.752. The van der Waals surface area contributed by atoms with Crippen LogP contribution in [0.2, 0.25) is 5.02 Å². The Balaban J connectivity index is 1.97. The first-order valence-electron chi connectivity index (χ1n) is 8.75. The average molecular weight is 425 g/mol. The van der Waals surface area contributed by atoms with E-state index in [-0.39, 0.29) is 27.4 Å². The molecular weight excluding hydrogens is 404 g/mol. The summed E-state index contributed by atoms with van der Waals surface area (Å²) in [5.41, 5.74) is 0.267. The number of hydrogen-bond donors (Lipinski definition) is 2. The third kappa shape index (κ3) is 5.25. The molecule has 3 N–H and O–H groups in total. The molecule has 1 amide bonds. The number of nitrogens with two attached hydrogens (primary N) is 1. The van der Waals surface area contributed by atoms with Gasteiger partial charge in [0, 0.05) is 15.8 Å². The van der Waals surface area contributed by atoms with Crippen LogP contribution in [0.1, 0.15) is 42.5 Å². The monoisotopic (exact) mass is 424 g/mol. The molecule has 2 aromatic rings. The Bertz CT molecular complexity index is 927. The minimum Gasteiger partial charge on any atom is -0.349 e. The number of amides is 1. The van der Waals surface area contributed by atoms with Crippen LogP contribution in [-0.4, -0.2) is 20.4 Å². The predicted molar refractivity (Wildman–Crippen MR) is 108 cm³/mol. The SMILES string of the molecule is NS(=O)(=O)c1cc(C(=O)NC2CCCCC2)c(Sc2ccccc2)cc1Cl. The maximum Gasteiger partial charge on any atom is 0.252 e. The van der Waals surface area contributed by atoms with E-state index in [0.29, 0.717) is 4.90 Å². The average Bonchev–Trinajstić information content (AvgIpc) is 2.62. The Labute approximate surface area is 168 Å². The number of rotatable bonds is 5. The minimum atomic E-state index is -4.03. The summed E-state index contributed by atoms with van der Waals surface area (Å²) < 4.78 is 23.7. The maximum absolute atomic E-state index is 12.9. The van der Waals surface area contributed by atoms with Gasteiger partial charge in [-0.05, 0) is 37.1 Å². The molecular formula is C19H21ClN2O3S2. The number of halogens is 1. The molecule has 5 nitrogen and oxygen atoms in total. The van der Waals surface area contributed by atoms with Gasteiger partial charge in [0.1, 0.15) is 4.90 Å². The maximum atomic E-state index is 12.9. The molecule has 0 saturated heterocycles. The molecule has 0 aromatic heterocycles. The molecule has 2 aromatic carbocycles. The fourth-order valence-corrected chi connectivity index (χ4v) is 5.29. The molecule has 0 heterocycles. The number of nitrogens with one attached hydrogen (secondary N) is 1. The Morgan fingerprint density at radius 2 is 1.78 bits per heavy atom. The van der Waals surface area contributed by atoms with E-state index < -0.39 is 10.0 Å². The van der Waals surface area contributed by atoms with Gasteiger partial charge in [-0.2, -0.15) is 0 Å². The molecule has 1 fully saturated rings. The highest BCUT2D eigenvalue weighted by Gasteiger charge is 2.23. The van der Waals surface area contributed by atoms with E-state index in [1.807, 2.05) is 30.3 Å². The van der Waals surface area contributed by atoms with E-state index in [1.165, 1.54) is 30.3 Å². The second-order valence-electron chi connectivity index (χ2n) is 6.55. The highest BCUT2D eigenvalue weighted by Crippen LogP contribution is 2.35. The van der Waals surface area contributed by atoms with Gasteiger partial charge in [0.25, 0.3) is 5.91 Å². The van der Waals surface area contributed by atoms with E-state index >= 15 is 0 Å². The number of sulfonamides is 1. The van der Waals surface area contributed by atoms with Crippen molar-refractivity contribution in [1.82, 2.24) is 5.32 Å². The third-order valence-corrected chi connectivity index (χ3v) is 6.94. The summed E-state index contributed by atoms with van der Waals surface area (Å²) >= 11 is 7.50. The summed E-state index contributed by atoms with van der Waals surface area (Å²) in [5, 5.41) is 8.30. The first-order valence-corrected chi connectivity index (χ1v) is 11.5. The second-order valence-corrected chi connectivity index (χ2v) is 9.60. The minimum absolute atomic E-state index is 0.00477. The lowest BCUT2D eigenvalue weighted by atomic mass is 9.95. The van der Waals surface area contributed by atoms with Gasteiger partial charge >= 0.3 is 0 Å². The van der Waals surface area contributed by atoms with E-state index in [9.17, 15) is 13.2 Å². The lowest BCUT2D eigenvalue weighted by Gasteiger charge is -2.23. The number of hydrogen-bond acceptors (Lipinski definition) is 4. The molecule has 0 atom stereocenters. The standard InChI is InChI=1S/C19H21ClN2O3S2/c20-16-12-17(26-14-9-5-2-6-10-14)15(11-18(16)27(21,24)25)19(23)22-13-7-3-1-4-8-13/h2,5-6,9-13H,1,3-4,7-8H2,(H,22,23)(H2,21,24,25). The first kappa shape index (κ1) is 20.2. The first-order chi connectivity index (χ1) is 12.8. The summed E-state index contributed by atoms with van der Waals surface area (Å²) in [4.78, 5) is 14.2. The van der Waals surface area contributed by atoms with Gasteiger partial charge < -0.3 is 5.32 Å². The molecule has 0 unspecified atom stereocenters. The van der Waals surface area contributed by atoms with Crippen molar-refractivity contribution in [2.45, 2.75) is 52.8 Å². The fourth-order valence-electron chi connectivity index (χ4n) is 3.14. The molecule has 1 aliphatic carbocycles. The third-order valence-electron chi connectivity index (χ3n) is 4.50. The fraction of sp³-hybridized carbons (Fsp3) is 0.316. The topological polar surface area (TPSA) is 89.3 Å². The van der Waals surface area contributed by atoms with Crippen LogP contribution < -0.4 is 10.5 Å². The van der Waals surface area contributed by atoms with Crippen molar-refractivity contribution in [1.29, 1.82) is 0 Å². The number of primary sulfonamides is 1. The molecule has 1 aliphatic rings.